The van der Waals surface area contributed by atoms with Crippen molar-refractivity contribution in [2.75, 3.05) is 0 Å². The Hall–Kier alpha value is -1.63. The molecular weight excluding hydrogens is 228 g/mol. The first kappa shape index (κ1) is 15.4. The molecule has 0 aromatic heterocycles. The van der Waals surface area contributed by atoms with Crippen LogP contribution in [0.3, 0.4) is 0 Å². The number of hydrogen-bond acceptors (Lipinski definition) is 5. The minimum absolute atomic E-state index is 0.0580. The van der Waals surface area contributed by atoms with Crippen molar-refractivity contribution in [3.05, 3.63) is 0 Å². The number of carbonyl (C=O) groups is 3. The minimum atomic E-state index is -1.41. The molecule has 0 saturated carbocycles. The van der Waals surface area contributed by atoms with Crippen molar-refractivity contribution in [2.45, 2.75) is 38.8 Å². The van der Waals surface area contributed by atoms with E-state index in [0.717, 1.165) is 0 Å². The van der Waals surface area contributed by atoms with Crippen molar-refractivity contribution in [2.24, 2.45) is 5.92 Å². The number of hydrogen-bond donors (Lipinski definition) is 2. The molecule has 2 atom stereocenters. The average molecular weight is 245 g/mol. The Kier molecular flexibility index (Phi) is 6.19. The van der Waals surface area contributed by atoms with E-state index in [9.17, 15) is 24.6 Å². The summed E-state index contributed by atoms with van der Waals surface area (Å²) in [6.45, 7) is 3.59. The molecule has 98 valence electrons. The zero-order valence-electron chi connectivity index (χ0n) is 9.89. The van der Waals surface area contributed by atoms with Crippen LogP contribution in [0.1, 0.15) is 26.7 Å². The highest BCUT2D eigenvalue weighted by Crippen LogP contribution is 2.04. The van der Waals surface area contributed by atoms with E-state index in [0.29, 0.717) is 0 Å². The number of aliphatic carboxylic acids is 2. The fraction of sp³-hybridized carbons (Fsp3) is 0.700. The summed E-state index contributed by atoms with van der Waals surface area (Å²) >= 11 is 0. The highest BCUT2D eigenvalue weighted by atomic mass is 16.4. The molecule has 0 saturated heterocycles. The van der Waals surface area contributed by atoms with Crippen LogP contribution in [0, 0.1) is 5.92 Å². The van der Waals surface area contributed by atoms with Crippen molar-refractivity contribution in [1.82, 2.24) is 5.32 Å². The zero-order valence-corrected chi connectivity index (χ0v) is 9.89. The van der Waals surface area contributed by atoms with E-state index in [1.165, 1.54) is 0 Å². The molecule has 0 spiro atoms. The van der Waals surface area contributed by atoms with E-state index in [2.05, 4.69) is 11.1 Å². The fourth-order valence-electron chi connectivity index (χ4n) is 1.27. The van der Waals surface area contributed by atoms with Crippen molar-refractivity contribution < 1.29 is 30.3 Å². The molecule has 0 aromatic carbocycles. The van der Waals surface area contributed by atoms with Crippen LogP contribution in [-0.4, -0.2) is 29.9 Å². The Morgan fingerprint density at radius 2 is 1.76 bits per heavy atom. The van der Waals surface area contributed by atoms with E-state index in [-0.39, 0.29) is 12.3 Å². The second-order valence-electron chi connectivity index (χ2n) is 4.28. The molecule has 0 aliphatic rings. The number of quaternary nitrogens is 1. The van der Waals surface area contributed by atoms with Gasteiger partial charge in [-0.2, -0.15) is 0 Å². The van der Waals surface area contributed by atoms with Crippen LogP contribution in [0.2, 0.25) is 0 Å². The highest BCUT2D eigenvalue weighted by Gasteiger charge is 2.22. The van der Waals surface area contributed by atoms with E-state index in [4.69, 9.17) is 0 Å². The van der Waals surface area contributed by atoms with Crippen molar-refractivity contribution in [3.63, 3.8) is 0 Å². The molecule has 0 fully saturated rings. The van der Waals surface area contributed by atoms with Gasteiger partial charge in [0.15, 0.2) is 6.04 Å². The molecule has 0 aliphatic heterocycles. The lowest BCUT2D eigenvalue weighted by Crippen LogP contribution is -2.70. The van der Waals surface area contributed by atoms with Crippen LogP contribution in [0.15, 0.2) is 0 Å². The number of nitrogens with one attached hydrogen (secondary N) is 1. The van der Waals surface area contributed by atoms with Crippen LogP contribution in [0.4, 0.5) is 0 Å². The monoisotopic (exact) mass is 245 g/mol. The summed E-state index contributed by atoms with van der Waals surface area (Å²) in [5, 5.41) is 23.2. The van der Waals surface area contributed by atoms with E-state index in [1.54, 1.807) is 13.8 Å². The Morgan fingerprint density at radius 3 is 2.12 bits per heavy atom. The number of amides is 1. The minimum Gasteiger partial charge on any atom is -0.550 e. The van der Waals surface area contributed by atoms with E-state index in [1.807, 2.05) is 0 Å². The standard InChI is InChI=1S/C10H18N2O5/c1-5(2)3-7(10(16)17)12-9(15)6(11)4-8(13)14/h5-7H,3-4,11H2,1-2H3,(H,12,15)(H,13,14)(H,16,17)/p-1/t6-,7+/m1/s1. The summed E-state index contributed by atoms with van der Waals surface area (Å²) in [5.74, 6) is -3.48. The number of carboxylic acids is 2. The molecular formula is C10H17N2O5-. The first-order chi connectivity index (χ1) is 7.73. The molecule has 1 amide bonds. The van der Waals surface area contributed by atoms with Gasteiger partial charge in [-0.1, -0.05) is 13.8 Å². The van der Waals surface area contributed by atoms with Crippen LogP contribution >= 0.6 is 0 Å². The maximum absolute atomic E-state index is 11.4. The zero-order chi connectivity index (χ0) is 13.6. The van der Waals surface area contributed by atoms with Gasteiger partial charge in [-0.25, -0.2) is 0 Å². The van der Waals surface area contributed by atoms with Gasteiger partial charge in [0.2, 0.25) is 0 Å². The fourth-order valence-corrected chi connectivity index (χ4v) is 1.27. The van der Waals surface area contributed by atoms with Gasteiger partial charge in [-0.3, -0.25) is 4.79 Å². The molecule has 4 N–H and O–H groups in total. The van der Waals surface area contributed by atoms with Crippen molar-refractivity contribution in [1.29, 1.82) is 0 Å². The van der Waals surface area contributed by atoms with Gasteiger partial charge in [0.05, 0.1) is 12.0 Å². The van der Waals surface area contributed by atoms with E-state index >= 15 is 0 Å². The van der Waals surface area contributed by atoms with Crippen LogP contribution in [0.5, 0.6) is 0 Å². The van der Waals surface area contributed by atoms with Gasteiger partial charge in [0.1, 0.15) is 0 Å². The summed E-state index contributed by atoms with van der Waals surface area (Å²) in [4.78, 5) is 32.4. The molecule has 0 radical (unpaired) electrons. The first-order valence-corrected chi connectivity index (χ1v) is 5.28. The molecule has 0 aromatic rings. The molecule has 0 rings (SSSR count). The Bertz CT molecular complexity index is 303. The Balaban J connectivity index is 4.39. The maximum Gasteiger partial charge on any atom is 0.279 e. The molecule has 0 aliphatic carbocycles. The molecule has 0 bridgehead atoms. The summed E-state index contributed by atoms with van der Waals surface area (Å²) in [5.41, 5.74) is 3.32. The summed E-state index contributed by atoms with van der Waals surface area (Å²) < 4.78 is 0. The molecule has 0 heterocycles. The Labute approximate surface area is 99.0 Å². The third-order valence-corrected chi connectivity index (χ3v) is 2.09. The third-order valence-electron chi connectivity index (χ3n) is 2.09. The van der Waals surface area contributed by atoms with Crippen LogP contribution in [0.25, 0.3) is 0 Å². The normalized spacial score (nSPS) is 14.1. The van der Waals surface area contributed by atoms with E-state index < -0.39 is 36.4 Å². The second kappa shape index (κ2) is 6.85. The van der Waals surface area contributed by atoms with Crippen LogP contribution in [-0.2, 0) is 14.4 Å². The average Bonchev–Trinajstić information content (AvgIpc) is 2.14. The predicted octanol–water partition coefficient (Wildman–Crippen LogP) is -3.98. The lowest BCUT2D eigenvalue weighted by Gasteiger charge is -2.22. The molecule has 0 unspecified atom stereocenters. The van der Waals surface area contributed by atoms with Gasteiger partial charge < -0.3 is 30.9 Å². The predicted molar refractivity (Wildman–Crippen MR) is 52.7 cm³/mol. The topological polar surface area (TPSA) is 137 Å². The molecule has 17 heavy (non-hydrogen) atoms. The van der Waals surface area contributed by atoms with Gasteiger partial charge in [-0.05, 0) is 12.3 Å². The molecule has 7 nitrogen and oxygen atoms in total. The summed E-state index contributed by atoms with van der Waals surface area (Å²) in [7, 11) is 0. The number of rotatable bonds is 7. The van der Waals surface area contributed by atoms with Gasteiger partial charge in [0, 0.05) is 12.4 Å². The lowest BCUT2D eigenvalue weighted by molar-refractivity contribution is -0.408. The van der Waals surface area contributed by atoms with Gasteiger partial charge in [-0.15, -0.1) is 0 Å². The van der Waals surface area contributed by atoms with Crippen molar-refractivity contribution >= 4 is 17.8 Å². The summed E-state index contributed by atoms with van der Waals surface area (Å²) in [6, 6.07) is -2.21. The molecule has 7 heteroatoms. The van der Waals surface area contributed by atoms with Crippen molar-refractivity contribution in [3.8, 4) is 0 Å². The van der Waals surface area contributed by atoms with Gasteiger partial charge in [0.25, 0.3) is 5.91 Å². The highest BCUT2D eigenvalue weighted by molar-refractivity contribution is 5.87. The Morgan fingerprint density at radius 1 is 1.24 bits per heavy atom. The largest absolute Gasteiger partial charge is 0.550 e. The second-order valence-corrected chi connectivity index (χ2v) is 4.28. The number of carboxylic acid groups (broad SMARTS) is 2. The van der Waals surface area contributed by atoms with Crippen LogP contribution < -0.4 is 21.3 Å². The first-order valence-electron chi connectivity index (χ1n) is 5.28. The third kappa shape index (κ3) is 6.52. The SMILES string of the molecule is CC(C)C[C@H](NC(=O)[C@H]([NH3+])CC(=O)[O-])C(=O)[O-]. The smallest absolute Gasteiger partial charge is 0.279 e. The quantitative estimate of drug-likeness (QED) is 0.471. The maximum atomic E-state index is 11.4. The number of carbonyl (C=O) groups excluding carboxylic acids is 3. The summed E-state index contributed by atoms with van der Waals surface area (Å²) in [6.07, 6.45) is -0.334. The van der Waals surface area contributed by atoms with Gasteiger partial charge >= 0.3 is 0 Å². The lowest BCUT2D eigenvalue weighted by atomic mass is 10.0.